The van der Waals surface area contributed by atoms with Crippen LogP contribution >= 0.6 is 0 Å². The minimum Gasteiger partial charge on any atom is -0.429 e. The molecule has 2 saturated carbocycles. The van der Waals surface area contributed by atoms with E-state index in [9.17, 15) is 17.6 Å². The second-order valence-electron chi connectivity index (χ2n) is 11.0. The summed E-state index contributed by atoms with van der Waals surface area (Å²) in [7, 11) is 0. The number of ether oxygens (including phenoxy) is 1. The highest BCUT2D eigenvalue weighted by Crippen LogP contribution is 2.46. The molecular weight excluding hydrogens is 490 g/mol. The van der Waals surface area contributed by atoms with Gasteiger partial charge in [-0.2, -0.15) is 8.78 Å². The van der Waals surface area contributed by atoms with Gasteiger partial charge in [0.25, 0.3) is 5.92 Å². The predicted molar refractivity (Wildman–Crippen MR) is 133 cm³/mol. The maximum absolute atomic E-state index is 15.1. The van der Waals surface area contributed by atoms with Gasteiger partial charge in [-0.05, 0) is 97.9 Å². The molecule has 37 heavy (non-hydrogen) atoms. The summed E-state index contributed by atoms with van der Waals surface area (Å²) in [6.45, 7) is -1.16. The fraction of sp³-hybridized carbons (Fsp3) is 0.600. The summed E-state index contributed by atoms with van der Waals surface area (Å²) in [5, 5.41) is 0. The lowest BCUT2D eigenvalue weighted by Gasteiger charge is -2.37. The largest absolute Gasteiger partial charge is 0.429 e. The standard InChI is InChI=1S/C30H36F6O/c1-2-3-19-6-14-25(15-7-19)30(35,36)18-20-4-8-21(9-5-20)22-10-12-23(13-11-22)24-16-26(31)28(27(32)17-24)37-29(33)34/h10-13,16-17,19-21,25,29H,2-9,14-15,18H2,1H3. The van der Waals surface area contributed by atoms with Crippen LogP contribution in [0.1, 0.15) is 89.0 Å². The van der Waals surface area contributed by atoms with Crippen molar-refractivity contribution in [1.29, 1.82) is 0 Å². The highest BCUT2D eigenvalue weighted by atomic mass is 19.3. The number of benzene rings is 2. The first-order chi connectivity index (χ1) is 17.7. The van der Waals surface area contributed by atoms with Crippen LogP contribution in [0.2, 0.25) is 0 Å². The molecule has 2 fully saturated rings. The van der Waals surface area contributed by atoms with Crippen LogP contribution in [0.3, 0.4) is 0 Å². The SMILES string of the molecule is CCCC1CCC(C(F)(F)CC2CCC(c3ccc(-c4cc(F)c(OC(F)F)c(F)c4)cc3)CC2)CC1. The summed E-state index contributed by atoms with van der Waals surface area (Å²) in [6, 6.07) is 9.21. The van der Waals surface area contributed by atoms with Gasteiger partial charge in [-0.1, -0.05) is 44.0 Å². The van der Waals surface area contributed by atoms with E-state index in [1.165, 1.54) is 0 Å². The normalized spacial score (nSPS) is 24.9. The summed E-state index contributed by atoms with van der Waals surface area (Å²) >= 11 is 0. The van der Waals surface area contributed by atoms with Crippen LogP contribution in [0.25, 0.3) is 11.1 Å². The molecular formula is C30H36F6O. The molecule has 0 atom stereocenters. The third-order valence-electron chi connectivity index (χ3n) is 8.47. The van der Waals surface area contributed by atoms with E-state index in [1.807, 2.05) is 12.1 Å². The van der Waals surface area contributed by atoms with Crippen molar-refractivity contribution in [2.75, 3.05) is 0 Å². The average molecular weight is 527 g/mol. The zero-order valence-electron chi connectivity index (χ0n) is 21.3. The third-order valence-corrected chi connectivity index (χ3v) is 8.47. The summed E-state index contributed by atoms with van der Waals surface area (Å²) < 4.78 is 87.0. The van der Waals surface area contributed by atoms with Crippen molar-refractivity contribution in [3.8, 4) is 16.9 Å². The second kappa shape index (κ2) is 12.1. The fourth-order valence-electron chi connectivity index (χ4n) is 6.41. The lowest BCUT2D eigenvalue weighted by Crippen LogP contribution is -2.34. The van der Waals surface area contributed by atoms with E-state index in [0.29, 0.717) is 24.3 Å². The van der Waals surface area contributed by atoms with Crippen LogP contribution < -0.4 is 4.74 Å². The molecule has 0 saturated heterocycles. The Bertz CT molecular complexity index is 982. The smallest absolute Gasteiger partial charge is 0.387 e. The maximum Gasteiger partial charge on any atom is 0.387 e. The van der Waals surface area contributed by atoms with Crippen molar-refractivity contribution in [3.63, 3.8) is 0 Å². The van der Waals surface area contributed by atoms with Gasteiger partial charge < -0.3 is 4.74 Å². The van der Waals surface area contributed by atoms with Gasteiger partial charge in [0.15, 0.2) is 17.4 Å². The van der Waals surface area contributed by atoms with Gasteiger partial charge in [0.05, 0.1) is 0 Å². The predicted octanol–water partition coefficient (Wildman–Crippen LogP) is 10.1. The molecule has 0 radical (unpaired) electrons. The summed E-state index contributed by atoms with van der Waals surface area (Å²) in [5.74, 6) is -5.62. The van der Waals surface area contributed by atoms with Crippen molar-refractivity contribution >= 4 is 0 Å². The summed E-state index contributed by atoms with van der Waals surface area (Å²) in [5.41, 5.74) is 1.84. The quantitative estimate of drug-likeness (QED) is 0.295. The van der Waals surface area contributed by atoms with E-state index in [0.717, 1.165) is 69.1 Å². The average Bonchev–Trinajstić information content (AvgIpc) is 2.87. The highest BCUT2D eigenvalue weighted by Gasteiger charge is 2.43. The van der Waals surface area contributed by atoms with Crippen LogP contribution in [0.5, 0.6) is 5.75 Å². The van der Waals surface area contributed by atoms with Crippen molar-refractivity contribution in [3.05, 3.63) is 53.6 Å². The van der Waals surface area contributed by atoms with Crippen molar-refractivity contribution in [2.24, 2.45) is 17.8 Å². The Hall–Kier alpha value is -2.18. The topological polar surface area (TPSA) is 9.23 Å². The van der Waals surface area contributed by atoms with Gasteiger partial charge in [-0.25, -0.2) is 17.6 Å². The molecule has 0 bridgehead atoms. The van der Waals surface area contributed by atoms with Crippen LogP contribution in [0.15, 0.2) is 36.4 Å². The van der Waals surface area contributed by atoms with Crippen molar-refractivity contribution in [1.82, 2.24) is 0 Å². The van der Waals surface area contributed by atoms with Crippen LogP contribution in [0, 0.1) is 29.4 Å². The molecule has 0 amide bonds. The molecule has 204 valence electrons. The number of halogens is 6. The molecule has 1 nitrogen and oxygen atoms in total. The number of rotatable bonds is 9. The minimum atomic E-state index is -3.32. The number of alkyl halides is 4. The van der Waals surface area contributed by atoms with Gasteiger partial charge in [-0.3, -0.25) is 0 Å². The molecule has 0 aliphatic heterocycles. The lowest BCUT2D eigenvalue weighted by atomic mass is 9.72. The van der Waals surface area contributed by atoms with Gasteiger partial charge >= 0.3 is 6.61 Å². The van der Waals surface area contributed by atoms with E-state index in [2.05, 4.69) is 11.7 Å². The fourth-order valence-corrected chi connectivity index (χ4v) is 6.41. The second-order valence-corrected chi connectivity index (χ2v) is 11.0. The van der Waals surface area contributed by atoms with Gasteiger partial charge in [0, 0.05) is 12.3 Å². The molecule has 2 aliphatic carbocycles. The Kier molecular flexibility index (Phi) is 9.12. The molecule has 0 heterocycles. The van der Waals surface area contributed by atoms with Crippen LogP contribution in [-0.4, -0.2) is 12.5 Å². The molecule has 2 aromatic carbocycles. The van der Waals surface area contributed by atoms with E-state index < -0.39 is 35.8 Å². The summed E-state index contributed by atoms with van der Waals surface area (Å²) in [4.78, 5) is 0. The Balaban J connectivity index is 1.31. The first kappa shape index (κ1) is 27.8. The molecule has 0 unspecified atom stereocenters. The number of hydrogen-bond donors (Lipinski definition) is 0. The van der Waals surface area contributed by atoms with Gasteiger partial charge in [0.2, 0.25) is 0 Å². The molecule has 0 spiro atoms. The first-order valence-electron chi connectivity index (χ1n) is 13.6. The zero-order chi connectivity index (χ0) is 26.6. The monoisotopic (exact) mass is 526 g/mol. The highest BCUT2D eigenvalue weighted by molar-refractivity contribution is 5.65. The van der Waals surface area contributed by atoms with E-state index >= 15 is 8.78 Å². The van der Waals surface area contributed by atoms with Crippen LogP contribution in [-0.2, 0) is 0 Å². The lowest BCUT2D eigenvalue weighted by molar-refractivity contribution is -0.0955. The Morgan fingerprint density at radius 2 is 1.38 bits per heavy atom. The Morgan fingerprint density at radius 1 is 0.811 bits per heavy atom. The molecule has 4 rings (SSSR count). The molecule has 0 aromatic heterocycles. The van der Waals surface area contributed by atoms with Crippen LogP contribution in [0.4, 0.5) is 26.3 Å². The van der Waals surface area contributed by atoms with Crippen molar-refractivity contribution < 1.29 is 31.1 Å². The Morgan fingerprint density at radius 3 is 1.92 bits per heavy atom. The Labute approximate surface area is 215 Å². The van der Waals surface area contributed by atoms with Gasteiger partial charge in [-0.15, -0.1) is 0 Å². The third kappa shape index (κ3) is 7.02. The molecule has 2 aromatic rings. The van der Waals surface area contributed by atoms with Crippen molar-refractivity contribution in [2.45, 2.75) is 96.0 Å². The molecule has 7 heteroatoms. The van der Waals surface area contributed by atoms with E-state index in [1.54, 1.807) is 12.1 Å². The minimum absolute atomic E-state index is 0.00976. The maximum atomic E-state index is 15.1. The first-order valence-corrected chi connectivity index (χ1v) is 13.6. The van der Waals surface area contributed by atoms with E-state index in [-0.39, 0.29) is 23.8 Å². The van der Waals surface area contributed by atoms with E-state index in [4.69, 9.17) is 0 Å². The summed E-state index contributed by atoms with van der Waals surface area (Å²) in [6.07, 6.45) is 8.66. The molecule has 0 N–H and O–H groups in total. The zero-order valence-corrected chi connectivity index (χ0v) is 21.3. The molecule has 2 aliphatic rings. The van der Waals surface area contributed by atoms with Gasteiger partial charge in [0.1, 0.15) is 0 Å². The number of hydrogen-bond acceptors (Lipinski definition) is 1.